The molecule has 35 heavy (non-hydrogen) atoms. The van der Waals surface area contributed by atoms with Crippen LogP contribution in [0, 0.1) is 17.0 Å². The molecule has 0 atom stereocenters. The SMILES string of the molecule is Cc1ccc(C(=O)N2CCC3(CC2)C(=O)N(CC(=O)N(C)C)CN3c2ccccc2)cc1[N+](=O)[O-]. The van der Waals surface area contributed by atoms with Gasteiger partial charge >= 0.3 is 0 Å². The average Bonchev–Trinajstić information content (AvgIpc) is 3.10. The largest absolute Gasteiger partial charge is 0.347 e. The van der Waals surface area contributed by atoms with Crippen molar-refractivity contribution in [2.45, 2.75) is 25.3 Å². The van der Waals surface area contributed by atoms with Gasteiger partial charge in [-0.3, -0.25) is 24.5 Å². The van der Waals surface area contributed by atoms with Crippen LogP contribution in [0.15, 0.2) is 48.5 Å². The van der Waals surface area contributed by atoms with Crippen LogP contribution in [-0.2, 0) is 9.59 Å². The van der Waals surface area contributed by atoms with Crippen LogP contribution in [0.25, 0.3) is 0 Å². The van der Waals surface area contributed by atoms with Crippen LogP contribution in [0.2, 0.25) is 0 Å². The Hall–Kier alpha value is -3.95. The summed E-state index contributed by atoms with van der Waals surface area (Å²) >= 11 is 0. The molecule has 2 heterocycles. The lowest BCUT2D eigenvalue weighted by Gasteiger charge is -2.43. The number of carbonyl (C=O) groups excluding carboxylic acids is 3. The van der Waals surface area contributed by atoms with Crippen molar-refractivity contribution < 1.29 is 19.3 Å². The summed E-state index contributed by atoms with van der Waals surface area (Å²) in [5.41, 5.74) is 0.686. The van der Waals surface area contributed by atoms with Gasteiger partial charge in [0.1, 0.15) is 12.1 Å². The summed E-state index contributed by atoms with van der Waals surface area (Å²) in [6.07, 6.45) is 0.792. The molecule has 2 aromatic rings. The molecule has 2 aromatic carbocycles. The second-order valence-electron chi connectivity index (χ2n) is 9.28. The molecular weight excluding hydrogens is 450 g/mol. The van der Waals surface area contributed by atoms with Gasteiger partial charge in [-0.25, -0.2) is 0 Å². The number of para-hydroxylation sites is 1. The molecule has 10 heteroatoms. The number of nitro benzene ring substituents is 1. The number of amides is 3. The minimum atomic E-state index is -0.857. The highest BCUT2D eigenvalue weighted by atomic mass is 16.6. The van der Waals surface area contributed by atoms with Crippen LogP contribution in [0.5, 0.6) is 0 Å². The molecule has 0 unspecified atom stereocenters. The third kappa shape index (κ3) is 4.43. The van der Waals surface area contributed by atoms with Crippen molar-refractivity contribution in [1.82, 2.24) is 14.7 Å². The quantitative estimate of drug-likeness (QED) is 0.481. The average molecular weight is 480 g/mol. The maximum Gasteiger partial charge on any atom is 0.273 e. The molecule has 0 saturated carbocycles. The van der Waals surface area contributed by atoms with Crippen molar-refractivity contribution in [2.24, 2.45) is 0 Å². The molecule has 2 fully saturated rings. The zero-order chi connectivity index (χ0) is 25.3. The lowest BCUT2D eigenvalue weighted by atomic mass is 9.85. The molecule has 3 amide bonds. The highest BCUT2D eigenvalue weighted by molar-refractivity contribution is 5.98. The zero-order valence-electron chi connectivity index (χ0n) is 20.1. The Kier molecular flexibility index (Phi) is 6.47. The van der Waals surface area contributed by atoms with Gasteiger partial charge in [-0.2, -0.15) is 0 Å². The van der Waals surface area contributed by atoms with E-state index in [9.17, 15) is 24.5 Å². The van der Waals surface area contributed by atoms with E-state index in [2.05, 4.69) is 0 Å². The minimum absolute atomic E-state index is 0.00735. The predicted molar refractivity (Wildman–Crippen MR) is 130 cm³/mol. The van der Waals surface area contributed by atoms with E-state index in [-0.39, 0.29) is 35.5 Å². The third-order valence-corrected chi connectivity index (χ3v) is 6.94. The van der Waals surface area contributed by atoms with Crippen molar-refractivity contribution in [1.29, 1.82) is 0 Å². The maximum atomic E-state index is 13.7. The summed E-state index contributed by atoms with van der Waals surface area (Å²) in [6, 6.07) is 14.1. The second-order valence-corrected chi connectivity index (χ2v) is 9.28. The summed E-state index contributed by atoms with van der Waals surface area (Å²) in [7, 11) is 3.32. The van der Waals surface area contributed by atoms with E-state index in [0.717, 1.165) is 5.69 Å². The summed E-state index contributed by atoms with van der Waals surface area (Å²) in [5.74, 6) is -0.564. The van der Waals surface area contributed by atoms with E-state index in [1.54, 1.807) is 43.0 Å². The van der Waals surface area contributed by atoms with E-state index in [1.165, 1.54) is 11.0 Å². The Bertz CT molecular complexity index is 1160. The Morgan fingerprint density at radius 1 is 1.09 bits per heavy atom. The van der Waals surface area contributed by atoms with Crippen LogP contribution in [0.1, 0.15) is 28.8 Å². The van der Waals surface area contributed by atoms with Crippen LogP contribution in [-0.4, -0.2) is 83.3 Å². The first kappa shape index (κ1) is 24.2. The number of likely N-dealkylation sites (tertiary alicyclic amines) is 1. The Morgan fingerprint density at radius 3 is 2.34 bits per heavy atom. The first-order valence-corrected chi connectivity index (χ1v) is 11.5. The number of hydrogen-bond donors (Lipinski definition) is 0. The van der Waals surface area contributed by atoms with E-state index in [4.69, 9.17) is 0 Å². The molecule has 184 valence electrons. The van der Waals surface area contributed by atoms with Crippen molar-refractivity contribution in [2.75, 3.05) is 45.3 Å². The van der Waals surface area contributed by atoms with Crippen LogP contribution in [0.4, 0.5) is 11.4 Å². The van der Waals surface area contributed by atoms with Gasteiger partial charge in [0.2, 0.25) is 5.91 Å². The molecule has 0 N–H and O–H groups in total. The smallest absolute Gasteiger partial charge is 0.273 e. The summed E-state index contributed by atoms with van der Waals surface area (Å²) in [4.78, 5) is 56.7. The molecule has 10 nitrogen and oxygen atoms in total. The predicted octanol–water partition coefficient (Wildman–Crippen LogP) is 2.27. The molecule has 2 aliphatic rings. The Labute approximate surface area is 203 Å². The van der Waals surface area contributed by atoms with Gasteiger partial charge in [0.25, 0.3) is 17.5 Å². The number of likely N-dealkylation sites (N-methyl/N-ethyl adjacent to an activating group) is 1. The van der Waals surface area contributed by atoms with E-state index < -0.39 is 10.5 Å². The van der Waals surface area contributed by atoms with Gasteiger partial charge in [0.05, 0.1) is 11.6 Å². The number of anilines is 1. The number of aryl methyl sites for hydroxylation is 1. The van der Waals surface area contributed by atoms with Gasteiger partial charge in [-0.1, -0.05) is 24.3 Å². The standard InChI is InChI=1S/C25H29N5O5/c1-18-9-10-19(15-21(18)30(34)35)23(32)27-13-11-25(12-14-27)24(33)28(16-22(31)26(2)3)17-29(25)20-7-5-4-6-8-20/h4-10,15H,11-14,16-17H2,1-3H3. The molecule has 4 rings (SSSR count). The molecular formula is C25H29N5O5. The normalized spacial score (nSPS) is 17.1. The second kappa shape index (κ2) is 9.36. The van der Waals surface area contributed by atoms with Crippen molar-refractivity contribution in [3.63, 3.8) is 0 Å². The lowest BCUT2D eigenvalue weighted by molar-refractivity contribution is -0.385. The Balaban J connectivity index is 1.57. The summed E-state index contributed by atoms with van der Waals surface area (Å²) < 4.78 is 0. The first-order chi connectivity index (χ1) is 16.6. The van der Waals surface area contributed by atoms with Gasteiger partial charge < -0.3 is 19.6 Å². The first-order valence-electron chi connectivity index (χ1n) is 11.5. The van der Waals surface area contributed by atoms with Crippen LogP contribution in [0.3, 0.4) is 0 Å². The van der Waals surface area contributed by atoms with E-state index in [0.29, 0.717) is 38.2 Å². The molecule has 1 spiro atoms. The minimum Gasteiger partial charge on any atom is -0.347 e. The maximum absolute atomic E-state index is 13.7. The van der Waals surface area contributed by atoms with Gasteiger partial charge in [0.15, 0.2) is 0 Å². The van der Waals surface area contributed by atoms with Gasteiger partial charge in [-0.05, 0) is 38.0 Å². The zero-order valence-corrected chi connectivity index (χ0v) is 20.1. The number of piperidine rings is 1. The lowest BCUT2D eigenvalue weighted by Crippen LogP contribution is -2.57. The van der Waals surface area contributed by atoms with Crippen molar-refractivity contribution in [3.8, 4) is 0 Å². The molecule has 2 saturated heterocycles. The van der Waals surface area contributed by atoms with Crippen molar-refractivity contribution in [3.05, 3.63) is 69.8 Å². The highest BCUT2D eigenvalue weighted by Crippen LogP contribution is 2.39. The number of hydrogen-bond acceptors (Lipinski definition) is 6. The number of benzene rings is 2. The van der Waals surface area contributed by atoms with Gasteiger partial charge in [-0.15, -0.1) is 0 Å². The summed E-state index contributed by atoms with van der Waals surface area (Å²) in [5, 5.41) is 11.3. The van der Waals surface area contributed by atoms with E-state index >= 15 is 0 Å². The van der Waals surface area contributed by atoms with Crippen molar-refractivity contribution >= 4 is 29.1 Å². The van der Waals surface area contributed by atoms with Crippen LogP contribution >= 0.6 is 0 Å². The molecule has 0 aliphatic carbocycles. The molecule has 0 radical (unpaired) electrons. The summed E-state index contributed by atoms with van der Waals surface area (Å²) in [6.45, 7) is 2.57. The highest BCUT2D eigenvalue weighted by Gasteiger charge is 2.54. The monoisotopic (exact) mass is 479 g/mol. The Morgan fingerprint density at radius 2 is 1.74 bits per heavy atom. The molecule has 2 aliphatic heterocycles. The topological polar surface area (TPSA) is 107 Å². The van der Waals surface area contributed by atoms with E-state index in [1.807, 2.05) is 35.2 Å². The number of nitro groups is 1. The fourth-order valence-corrected chi connectivity index (χ4v) is 4.83. The number of carbonyl (C=O) groups is 3. The van der Waals surface area contributed by atoms with Gasteiger partial charge in [0, 0.05) is 50.1 Å². The fourth-order valence-electron chi connectivity index (χ4n) is 4.83. The molecule has 0 aromatic heterocycles. The van der Waals surface area contributed by atoms with Crippen LogP contribution < -0.4 is 4.90 Å². The number of rotatable bonds is 5. The molecule has 0 bridgehead atoms. The third-order valence-electron chi connectivity index (χ3n) is 6.94. The number of nitrogens with zero attached hydrogens (tertiary/aromatic N) is 5. The fraction of sp³-hybridized carbons (Fsp3) is 0.400.